The molecule has 0 spiro atoms. The van der Waals surface area contributed by atoms with Gasteiger partial charge in [0.25, 0.3) is 0 Å². The van der Waals surface area contributed by atoms with Crippen molar-refractivity contribution < 1.29 is 13.4 Å². The van der Waals surface area contributed by atoms with Crippen molar-refractivity contribution in [1.29, 1.82) is 0 Å². The van der Waals surface area contributed by atoms with Crippen LogP contribution in [0.25, 0.3) is 89.2 Å². The summed E-state index contributed by atoms with van der Waals surface area (Å²) in [5, 5.41) is 3.14. The van der Waals surface area contributed by atoms with Crippen LogP contribution in [0.5, 0.6) is 0 Å². The fraction of sp³-hybridized carbons (Fsp3) is 0.196. The van der Waals surface area contributed by atoms with Crippen LogP contribution in [-0.4, -0.2) is 4.57 Å². The minimum atomic E-state index is 0.258. The molecular weight excluding hydrogens is 673 g/mol. The van der Waals surface area contributed by atoms with E-state index in [4.69, 9.17) is 8.83 Å². The van der Waals surface area contributed by atoms with Crippen LogP contribution in [0, 0.1) is 0 Å². The number of nitrogens with zero attached hydrogens (tertiary/aromatic N) is 2. The Labute approximate surface area is 323 Å². The molecule has 0 unspecified atom stereocenters. The molecule has 0 saturated carbocycles. The third-order valence-electron chi connectivity index (χ3n) is 11.1. The first-order valence-electron chi connectivity index (χ1n) is 19.7. The molecular formula is C51H47N2O2+. The molecule has 55 heavy (non-hydrogen) atoms. The van der Waals surface area contributed by atoms with Gasteiger partial charge < -0.3 is 8.83 Å². The van der Waals surface area contributed by atoms with Gasteiger partial charge in [0.2, 0.25) is 0 Å². The molecule has 0 amide bonds. The fourth-order valence-corrected chi connectivity index (χ4v) is 8.54. The topological polar surface area (TPSA) is 35.1 Å². The van der Waals surface area contributed by atoms with Crippen molar-refractivity contribution in [3.63, 3.8) is 0 Å². The molecule has 0 radical (unpaired) electrons. The number of hydrogen-bond donors (Lipinski definition) is 0. The van der Waals surface area contributed by atoms with Gasteiger partial charge in [-0.3, -0.25) is 0 Å². The van der Waals surface area contributed by atoms with E-state index in [-0.39, 0.29) is 11.8 Å². The minimum Gasteiger partial charge on any atom is -0.456 e. The van der Waals surface area contributed by atoms with Crippen molar-refractivity contribution in [3.8, 4) is 39.5 Å². The molecule has 0 N–H and O–H groups in total. The Morgan fingerprint density at radius 3 is 1.93 bits per heavy atom. The van der Waals surface area contributed by atoms with Crippen LogP contribution in [0.15, 0.2) is 143 Å². The molecule has 0 saturated heterocycles. The number of rotatable bonds is 9. The van der Waals surface area contributed by atoms with Crippen molar-refractivity contribution in [1.82, 2.24) is 4.57 Å². The molecule has 4 nitrogen and oxygen atoms in total. The Balaban J connectivity index is 1.43. The highest BCUT2D eigenvalue weighted by molar-refractivity contribution is 6.17. The SMILES string of the molecule is C=C(C)[n+]1c(-c2c(CCC)ccc3c2oc2c4cc(-c5ccccc5)oc4ccc32)n(-c2c(C(C)C)cc(-c3ccccc3)cc2C(C)C)c2ccccc21. The number of benzene rings is 6. The number of aromatic nitrogens is 2. The first kappa shape index (κ1) is 34.6. The normalized spacial score (nSPS) is 12.0. The third-order valence-corrected chi connectivity index (χ3v) is 11.1. The molecule has 6 aromatic carbocycles. The second-order valence-electron chi connectivity index (χ2n) is 15.6. The summed E-state index contributed by atoms with van der Waals surface area (Å²) in [6, 6.07) is 45.6. The van der Waals surface area contributed by atoms with Gasteiger partial charge in [-0.05, 0) is 84.3 Å². The first-order valence-corrected chi connectivity index (χ1v) is 19.7. The molecule has 9 aromatic rings. The second-order valence-corrected chi connectivity index (χ2v) is 15.6. The third kappa shape index (κ3) is 5.62. The predicted molar refractivity (Wildman–Crippen MR) is 230 cm³/mol. The summed E-state index contributed by atoms with van der Waals surface area (Å²) in [5.41, 5.74) is 15.5. The highest BCUT2D eigenvalue weighted by Crippen LogP contribution is 2.45. The van der Waals surface area contributed by atoms with Gasteiger partial charge in [0.05, 0.1) is 11.1 Å². The number of imidazole rings is 1. The van der Waals surface area contributed by atoms with Crippen LogP contribution in [0.3, 0.4) is 0 Å². The fourth-order valence-electron chi connectivity index (χ4n) is 8.54. The Hall–Kier alpha value is -6.13. The zero-order valence-corrected chi connectivity index (χ0v) is 32.6. The van der Waals surface area contributed by atoms with Crippen LogP contribution in [-0.2, 0) is 6.42 Å². The first-order chi connectivity index (χ1) is 26.7. The number of aryl methyl sites for hydroxylation is 1. The maximum atomic E-state index is 7.23. The number of allylic oxidation sites excluding steroid dienone is 1. The summed E-state index contributed by atoms with van der Waals surface area (Å²) >= 11 is 0. The maximum Gasteiger partial charge on any atom is 0.304 e. The summed E-state index contributed by atoms with van der Waals surface area (Å²) in [5.74, 6) is 2.41. The van der Waals surface area contributed by atoms with Crippen molar-refractivity contribution in [2.45, 2.75) is 66.2 Å². The van der Waals surface area contributed by atoms with Crippen molar-refractivity contribution in [3.05, 3.63) is 151 Å². The van der Waals surface area contributed by atoms with E-state index in [1.165, 1.54) is 33.5 Å². The van der Waals surface area contributed by atoms with Gasteiger partial charge in [-0.15, -0.1) is 0 Å². The summed E-state index contributed by atoms with van der Waals surface area (Å²) in [4.78, 5) is 0. The molecule has 0 aliphatic carbocycles. The number of fused-ring (bicyclic) bond motifs is 6. The molecule has 0 aliphatic rings. The van der Waals surface area contributed by atoms with E-state index in [1.807, 2.05) is 18.2 Å². The van der Waals surface area contributed by atoms with Crippen LogP contribution < -0.4 is 4.57 Å². The molecule has 0 atom stereocenters. The molecule has 3 aromatic heterocycles. The van der Waals surface area contributed by atoms with E-state index in [9.17, 15) is 0 Å². The van der Waals surface area contributed by atoms with E-state index in [2.05, 4.69) is 166 Å². The summed E-state index contributed by atoms with van der Waals surface area (Å²) in [7, 11) is 0. The molecule has 0 fully saturated rings. The highest BCUT2D eigenvalue weighted by atomic mass is 16.3. The molecule has 3 heterocycles. The van der Waals surface area contributed by atoms with Crippen molar-refractivity contribution in [2.75, 3.05) is 0 Å². The van der Waals surface area contributed by atoms with E-state index < -0.39 is 0 Å². The summed E-state index contributed by atoms with van der Waals surface area (Å²) in [6.07, 6.45) is 1.90. The van der Waals surface area contributed by atoms with Crippen LogP contribution in [0.2, 0.25) is 0 Å². The Bertz CT molecular complexity index is 2870. The average molecular weight is 720 g/mol. The van der Waals surface area contributed by atoms with E-state index >= 15 is 0 Å². The van der Waals surface area contributed by atoms with Crippen LogP contribution >= 0.6 is 0 Å². The van der Waals surface area contributed by atoms with Gasteiger partial charge in [0, 0.05) is 27.5 Å². The van der Waals surface area contributed by atoms with Gasteiger partial charge in [-0.1, -0.05) is 133 Å². The van der Waals surface area contributed by atoms with Crippen molar-refractivity contribution >= 4 is 49.6 Å². The van der Waals surface area contributed by atoms with Gasteiger partial charge in [0.1, 0.15) is 28.2 Å². The van der Waals surface area contributed by atoms with E-state index in [0.717, 1.165) is 85.2 Å². The van der Waals surface area contributed by atoms with Gasteiger partial charge in [0.15, 0.2) is 16.6 Å². The Kier molecular flexibility index (Phi) is 8.57. The second kappa shape index (κ2) is 13.6. The van der Waals surface area contributed by atoms with E-state index in [1.54, 1.807) is 0 Å². The Morgan fingerprint density at radius 1 is 0.655 bits per heavy atom. The lowest BCUT2D eigenvalue weighted by Crippen LogP contribution is -2.33. The Morgan fingerprint density at radius 2 is 1.27 bits per heavy atom. The molecule has 9 rings (SSSR count). The minimum absolute atomic E-state index is 0.258. The highest BCUT2D eigenvalue weighted by Gasteiger charge is 2.36. The lowest BCUT2D eigenvalue weighted by Gasteiger charge is -2.21. The standard InChI is InChI=1S/C51H47N2O2/c1-8-17-36-24-25-39-38-26-27-45-42(30-46(54-45)35-20-13-10-14-21-35)49(38)55-50(39)47(36)51-52(33(6)7)43-22-15-16-23-44(43)53(51)48-40(31(2)3)28-37(29-41(48)32(4)5)34-18-11-9-12-19-34/h9-16,18-32H,6,8,17H2,1-5,7H3/q+1. The largest absolute Gasteiger partial charge is 0.456 e. The monoisotopic (exact) mass is 719 g/mol. The quantitative estimate of drug-likeness (QED) is 0.139. The number of para-hydroxylation sites is 2. The lowest BCUT2D eigenvalue weighted by atomic mass is 9.88. The van der Waals surface area contributed by atoms with Crippen LogP contribution in [0.4, 0.5) is 0 Å². The summed E-state index contributed by atoms with van der Waals surface area (Å²) < 4.78 is 18.6. The zero-order chi connectivity index (χ0) is 38.0. The molecule has 272 valence electrons. The lowest BCUT2D eigenvalue weighted by molar-refractivity contribution is -0.540. The van der Waals surface area contributed by atoms with E-state index in [0.29, 0.717) is 0 Å². The van der Waals surface area contributed by atoms with Crippen molar-refractivity contribution in [2.24, 2.45) is 0 Å². The molecule has 0 bridgehead atoms. The summed E-state index contributed by atoms with van der Waals surface area (Å²) in [6.45, 7) is 18.3. The van der Waals surface area contributed by atoms with Gasteiger partial charge >= 0.3 is 5.82 Å². The van der Waals surface area contributed by atoms with Gasteiger partial charge in [-0.25, -0.2) is 0 Å². The zero-order valence-electron chi connectivity index (χ0n) is 32.6. The maximum absolute atomic E-state index is 7.23. The number of furan rings is 2. The predicted octanol–water partition coefficient (Wildman–Crippen LogP) is 14.3. The number of hydrogen-bond acceptors (Lipinski definition) is 2. The van der Waals surface area contributed by atoms with Crippen LogP contribution in [0.1, 0.15) is 76.5 Å². The average Bonchev–Trinajstić information content (AvgIpc) is 3.90. The smallest absolute Gasteiger partial charge is 0.304 e. The van der Waals surface area contributed by atoms with Gasteiger partial charge in [-0.2, -0.15) is 9.13 Å². The molecule has 0 aliphatic heterocycles. The molecule has 4 heteroatoms.